The number of ether oxygens (including phenoxy) is 1. The van der Waals surface area contributed by atoms with Crippen LogP contribution in [0.5, 0.6) is 0 Å². The van der Waals surface area contributed by atoms with Gasteiger partial charge in [0.05, 0.1) is 6.10 Å². The highest BCUT2D eigenvalue weighted by Crippen LogP contribution is 2.24. The molecule has 0 amide bonds. The van der Waals surface area contributed by atoms with Crippen molar-refractivity contribution in [1.82, 2.24) is 4.90 Å². The summed E-state index contributed by atoms with van der Waals surface area (Å²) in [5.74, 6) is 0.693. The van der Waals surface area contributed by atoms with Crippen LogP contribution in [-0.4, -0.2) is 42.8 Å². The lowest BCUT2D eigenvalue weighted by atomic mass is 9.91. The van der Waals surface area contributed by atoms with Crippen molar-refractivity contribution in [2.75, 3.05) is 19.7 Å². The normalized spacial score (nSPS) is 44.2. The number of likely N-dealkylation sites (tertiary alicyclic amines) is 1. The largest absolute Gasteiger partial charge is 0.378 e. The number of nitrogens with two attached hydrogens (primary N) is 1. The topological polar surface area (TPSA) is 38.5 Å². The second-order valence-corrected chi connectivity index (χ2v) is 5.28. The van der Waals surface area contributed by atoms with Crippen LogP contribution in [0.3, 0.4) is 0 Å². The second-order valence-electron chi connectivity index (χ2n) is 5.28. The molecule has 0 aromatic carbocycles. The van der Waals surface area contributed by atoms with Crippen LogP contribution in [0.1, 0.15) is 33.1 Å². The Morgan fingerprint density at radius 3 is 2.73 bits per heavy atom. The zero-order chi connectivity index (χ0) is 10.8. The molecule has 0 saturated carbocycles. The summed E-state index contributed by atoms with van der Waals surface area (Å²) in [7, 11) is 0. The molecule has 3 nitrogen and oxygen atoms in total. The van der Waals surface area contributed by atoms with Gasteiger partial charge in [-0.2, -0.15) is 0 Å². The highest BCUT2D eigenvalue weighted by molar-refractivity contribution is 4.86. The van der Waals surface area contributed by atoms with E-state index in [1.165, 1.54) is 25.8 Å². The lowest BCUT2D eigenvalue weighted by Gasteiger charge is -2.42. The van der Waals surface area contributed by atoms with Crippen LogP contribution in [0.25, 0.3) is 0 Å². The van der Waals surface area contributed by atoms with Gasteiger partial charge in [-0.15, -0.1) is 0 Å². The van der Waals surface area contributed by atoms with Crippen LogP contribution in [0.4, 0.5) is 0 Å². The van der Waals surface area contributed by atoms with E-state index in [0.717, 1.165) is 13.2 Å². The molecular formula is C12H24N2O. The highest BCUT2D eigenvalue weighted by Gasteiger charge is 2.30. The van der Waals surface area contributed by atoms with Gasteiger partial charge in [0.15, 0.2) is 0 Å². The average Bonchev–Trinajstić information content (AvgIpc) is 2.22. The Labute approximate surface area is 93.0 Å². The molecule has 15 heavy (non-hydrogen) atoms. The number of hydrogen-bond donors (Lipinski definition) is 1. The monoisotopic (exact) mass is 212 g/mol. The third kappa shape index (κ3) is 2.71. The fourth-order valence-corrected chi connectivity index (χ4v) is 2.76. The number of hydrogen-bond acceptors (Lipinski definition) is 3. The van der Waals surface area contributed by atoms with Crippen molar-refractivity contribution < 1.29 is 4.74 Å². The maximum absolute atomic E-state index is 6.14. The van der Waals surface area contributed by atoms with Gasteiger partial charge >= 0.3 is 0 Å². The fourth-order valence-electron chi connectivity index (χ4n) is 2.76. The molecule has 2 N–H and O–H groups in total. The minimum Gasteiger partial charge on any atom is -0.378 e. The van der Waals surface area contributed by atoms with Gasteiger partial charge in [0, 0.05) is 25.2 Å². The summed E-state index contributed by atoms with van der Waals surface area (Å²) in [5.41, 5.74) is 6.14. The van der Waals surface area contributed by atoms with Crippen molar-refractivity contribution >= 4 is 0 Å². The molecule has 2 saturated heterocycles. The van der Waals surface area contributed by atoms with E-state index in [1.54, 1.807) is 0 Å². The molecule has 2 aliphatic rings. The molecule has 88 valence electrons. The molecule has 0 radical (unpaired) electrons. The molecule has 0 aromatic heterocycles. The molecule has 2 aliphatic heterocycles. The summed E-state index contributed by atoms with van der Waals surface area (Å²) in [5, 5.41) is 0. The second kappa shape index (κ2) is 4.81. The molecule has 0 aliphatic carbocycles. The molecule has 2 rings (SSSR count). The minimum absolute atomic E-state index is 0.372. The van der Waals surface area contributed by atoms with E-state index < -0.39 is 0 Å². The van der Waals surface area contributed by atoms with Crippen molar-refractivity contribution in [3.05, 3.63) is 0 Å². The first-order valence-electron chi connectivity index (χ1n) is 6.28. The van der Waals surface area contributed by atoms with E-state index in [1.807, 2.05) is 0 Å². The molecule has 2 heterocycles. The van der Waals surface area contributed by atoms with Crippen molar-refractivity contribution in [3.8, 4) is 0 Å². The Kier molecular flexibility index (Phi) is 3.65. The van der Waals surface area contributed by atoms with E-state index in [-0.39, 0.29) is 0 Å². The standard InChI is InChI=1S/C12H24N2O/c1-9-3-5-14(8-12(9)13)11-4-6-15-10(2)7-11/h9-12H,3-8,13H2,1-2H3. The first-order chi connectivity index (χ1) is 7.16. The first kappa shape index (κ1) is 11.4. The van der Waals surface area contributed by atoms with E-state index in [0.29, 0.717) is 24.1 Å². The van der Waals surface area contributed by atoms with Gasteiger partial charge in [-0.3, -0.25) is 4.90 Å². The van der Waals surface area contributed by atoms with Gasteiger partial charge in [-0.25, -0.2) is 0 Å². The SMILES string of the molecule is CC1CC(N2CCC(C)C(N)C2)CCO1. The Balaban J connectivity index is 1.87. The van der Waals surface area contributed by atoms with Gasteiger partial charge < -0.3 is 10.5 Å². The summed E-state index contributed by atoms with van der Waals surface area (Å²) in [6.07, 6.45) is 4.05. The Morgan fingerprint density at radius 2 is 2.07 bits per heavy atom. The quantitative estimate of drug-likeness (QED) is 0.710. The lowest BCUT2D eigenvalue weighted by molar-refractivity contribution is -0.0263. The molecule has 0 aromatic rings. The summed E-state index contributed by atoms with van der Waals surface area (Å²) in [4.78, 5) is 2.59. The molecule has 3 heteroatoms. The van der Waals surface area contributed by atoms with Crippen LogP contribution in [0, 0.1) is 5.92 Å². The molecule has 0 bridgehead atoms. The summed E-state index contributed by atoms with van der Waals surface area (Å²) < 4.78 is 5.59. The van der Waals surface area contributed by atoms with E-state index in [4.69, 9.17) is 10.5 Å². The van der Waals surface area contributed by atoms with Crippen LogP contribution in [0.2, 0.25) is 0 Å². The van der Waals surface area contributed by atoms with Crippen molar-refractivity contribution in [2.45, 2.75) is 51.3 Å². The summed E-state index contributed by atoms with van der Waals surface area (Å²) in [6.45, 7) is 7.69. The zero-order valence-electron chi connectivity index (χ0n) is 9.98. The molecule has 0 spiro atoms. The molecule has 4 atom stereocenters. The smallest absolute Gasteiger partial charge is 0.0561 e. The van der Waals surface area contributed by atoms with Gasteiger partial charge in [0.25, 0.3) is 0 Å². The maximum Gasteiger partial charge on any atom is 0.0561 e. The molecule has 4 unspecified atom stereocenters. The van der Waals surface area contributed by atoms with E-state index in [9.17, 15) is 0 Å². The minimum atomic E-state index is 0.372. The lowest BCUT2D eigenvalue weighted by Crippen LogP contribution is -2.53. The van der Waals surface area contributed by atoms with Crippen molar-refractivity contribution in [3.63, 3.8) is 0 Å². The first-order valence-corrected chi connectivity index (χ1v) is 6.28. The number of piperidine rings is 1. The molecule has 2 fully saturated rings. The maximum atomic E-state index is 6.14. The Bertz CT molecular complexity index is 210. The Hall–Kier alpha value is -0.120. The van der Waals surface area contributed by atoms with Gasteiger partial charge in [-0.1, -0.05) is 6.92 Å². The predicted molar refractivity (Wildman–Crippen MR) is 61.8 cm³/mol. The van der Waals surface area contributed by atoms with Crippen molar-refractivity contribution in [2.24, 2.45) is 11.7 Å². The van der Waals surface area contributed by atoms with Gasteiger partial charge in [0.2, 0.25) is 0 Å². The number of rotatable bonds is 1. The molecular weight excluding hydrogens is 188 g/mol. The van der Waals surface area contributed by atoms with Gasteiger partial charge in [-0.05, 0) is 38.6 Å². The highest BCUT2D eigenvalue weighted by atomic mass is 16.5. The van der Waals surface area contributed by atoms with Crippen LogP contribution >= 0.6 is 0 Å². The van der Waals surface area contributed by atoms with Crippen LogP contribution < -0.4 is 5.73 Å². The average molecular weight is 212 g/mol. The van der Waals surface area contributed by atoms with Crippen molar-refractivity contribution in [1.29, 1.82) is 0 Å². The summed E-state index contributed by atoms with van der Waals surface area (Å²) in [6, 6.07) is 1.09. The predicted octanol–water partition coefficient (Wildman–Crippen LogP) is 1.22. The van der Waals surface area contributed by atoms with E-state index in [2.05, 4.69) is 18.7 Å². The summed E-state index contributed by atoms with van der Waals surface area (Å²) >= 11 is 0. The number of nitrogens with zero attached hydrogens (tertiary/aromatic N) is 1. The third-order valence-electron chi connectivity index (χ3n) is 4.02. The Morgan fingerprint density at radius 1 is 1.27 bits per heavy atom. The van der Waals surface area contributed by atoms with E-state index >= 15 is 0 Å². The van der Waals surface area contributed by atoms with Gasteiger partial charge in [0.1, 0.15) is 0 Å². The van der Waals surface area contributed by atoms with Crippen LogP contribution in [-0.2, 0) is 4.74 Å². The fraction of sp³-hybridized carbons (Fsp3) is 1.00. The zero-order valence-corrected chi connectivity index (χ0v) is 9.98. The third-order valence-corrected chi connectivity index (χ3v) is 4.02. The van der Waals surface area contributed by atoms with Crippen LogP contribution in [0.15, 0.2) is 0 Å².